The Morgan fingerprint density at radius 1 is 1.02 bits per heavy atom. The Hall–Kier alpha value is -4.63. The van der Waals surface area contributed by atoms with E-state index in [-0.39, 0.29) is 6.04 Å². The molecule has 42 heavy (non-hydrogen) atoms. The molecule has 2 aromatic heterocycles. The van der Waals surface area contributed by atoms with Crippen LogP contribution in [0.3, 0.4) is 0 Å². The largest absolute Gasteiger partial charge is 0.377 e. The average molecular weight is 594 g/mol. The number of nitrogens with zero attached hydrogens (tertiary/aromatic N) is 6. The average Bonchev–Trinajstić information content (AvgIpc) is 3.75. The molecule has 2 N–H and O–H groups in total. The van der Waals surface area contributed by atoms with Gasteiger partial charge in [-0.15, -0.1) is 5.10 Å². The van der Waals surface area contributed by atoms with E-state index in [1.54, 1.807) is 30.5 Å². The first-order valence-electron chi connectivity index (χ1n) is 13.7. The van der Waals surface area contributed by atoms with Gasteiger partial charge in [-0.1, -0.05) is 65.7 Å². The molecule has 2 heterocycles. The van der Waals surface area contributed by atoms with Crippen molar-refractivity contribution in [2.75, 3.05) is 10.6 Å². The Balaban J connectivity index is 1.47. The molecular formula is C32H26Cl2N8. The number of nitriles is 2. The molecule has 1 aliphatic rings. The quantitative estimate of drug-likeness (QED) is 0.178. The Morgan fingerprint density at radius 2 is 1.83 bits per heavy atom. The lowest BCUT2D eigenvalue weighted by molar-refractivity contribution is 0.610. The van der Waals surface area contributed by atoms with Crippen molar-refractivity contribution >= 4 is 45.5 Å². The van der Waals surface area contributed by atoms with Crippen LogP contribution in [-0.4, -0.2) is 20.0 Å². The summed E-state index contributed by atoms with van der Waals surface area (Å²) in [6, 6.07) is 23.1. The second-order valence-electron chi connectivity index (χ2n) is 10.3. The second kappa shape index (κ2) is 11.7. The molecule has 208 valence electrons. The molecule has 6 rings (SSSR count). The summed E-state index contributed by atoms with van der Waals surface area (Å²) in [6.07, 6.45) is 6.41. The van der Waals surface area contributed by atoms with Crippen LogP contribution in [0.5, 0.6) is 0 Å². The number of hydrogen-bond acceptors (Lipinski definition) is 7. The normalized spacial score (nSPS) is 14.1. The highest BCUT2D eigenvalue weighted by atomic mass is 35.5. The Morgan fingerprint density at radius 3 is 2.55 bits per heavy atom. The van der Waals surface area contributed by atoms with E-state index < -0.39 is 6.04 Å². The van der Waals surface area contributed by atoms with Crippen LogP contribution in [0.1, 0.15) is 72.3 Å². The molecule has 0 aliphatic heterocycles. The number of rotatable bonds is 9. The van der Waals surface area contributed by atoms with E-state index in [1.165, 1.54) is 0 Å². The number of hydrogen-bond donors (Lipinski definition) is 2. The van der Waals surface area contributed by atoms with Crippen LogP contribution in [0.4, 0.5) is 11.4 Å². The summed E-state index contributed by atoms with van der Waals surface area (Å²) in [5, 5.41) is 37.3. The number of nitrogens with one attached hydrogen (secondary N) is 2. The lowest BCUT2D eigenvalue weighted by atomic mass is 10.00. The molecule has 2 atom stereocenters. The number of aromatic nitrogens is 4. The van der Waals surface area contributed by atoms with Crippen molar-refractivity contribution in [1.29, 1.82) is 10.5 Å². The molecule has 8 nitrogen and oxygen atoms in total. The maximum absolute atomic E-state index is 10.0. The van der Waals surface area contributed by atoms with E-state index in [4.69, 9.17) is 23.2 Å². The smallest absolute Gasteiger partial charge is 0.110 e. The van der Waals surface area contributed by atoms with E-state index in [9.17, 15) is 10.5 Å². The van der Waals surface area contributed by atoms with E-state index in [0.29, 0.717) is 60.7 Å². The topological polar surface area (TPSA) is 115 Å². The third kappa shape index (κ3) is 5.47. The van der Waals surface area contributed by atoms with Crippen LogP contribution < -0.4 is 10.6 Å². The van der Waals surface area contributed by atoms with Crippen molar-refractivity contribution in [1.82, 2.24) is 20.0 Å². The second-order valence-corrected chi connectivity index (χ2v) is 11.1. The van der Waals surface area contributed by atoms with Gasteiger partial charge in [-0.05, 0) is 55.2 Å². The van der Waals surface area contributed by atoms with E-state index in [1.807, 2.05) is 35.1 Å². The molecule has 0 amide bonds. The van der Waals surface area contributed by atoms with Gasteiger partial charge < -0.3 is 10.6 Å². The lowest BCUT2D eigenvalue weighted by Gasteiger charge is -2.23. The van der Waals surface area contributed by atoms with Crippen molar-refractivity contribution in [3.05, 3.63) is 111 Å². The Labute approximate surface area is 253 Å². The Bertz CT molecular complexity index is 1850. The first-order chi connectivity index (χ1) is 20.5. The molecule has 3 aromatic carbocycles. The van der Waals surface area contributed by atoms with Gasteiger partial charge in [0.2, 0.25) is 0 Å². The zero-order chi connectivity index (χ0) is 29.2. The highest BCUT2D eigenvalue weighted by Crippen LogP contribution is 2.40. The number of halogens is 2. The van der Waals surface area contributed by atoms with Crippen LogP contribution in [0.25, 0.3) is 10.9 Å². The maximum atomic E-state index is 10.0. The van der Waals surface area contributed by atoms with E-state index in [2.05, 4.69) is 57.1 Å². The summed E-state index contributed by atoms with van der Waals surface area (Å²) < 4.78 is 1.87. The van der Waals surface area contributed by atoms with Crippen LogP contribution in [0.2, 0.25) is 10.0 Å². The summed E-state index contributed by atoms with van der Waals surface area (Å²) >= 11 is 13.4. The minimum Gasteiger partial charge on any atom is -0.377 e. The number of benzene rings is 3. The van der Waals surface area contributed by atoms with E-state index in [0.717, 1.165) is 24.8 Å². The Kier molecular flexibility index (Phi) is 7.67. The van der Waals surface area contributed by atoms with Gasteiger partial charge in [0.05, 0.1) is 58.4 Å². The zero-order valence-electron chi connectivity index (χ0n) is 22.7. The fraction of sp³-hybridized carbons (Fsp3) is 0.219. The molecule has 1 fully saturated rings. The SMILES string of the molecule is CC[C@@H](Nc1c(C#N)cnc2c(N[C@H](c3cn(C4CC4)nn3)c3cc(C#N)ccc3Cl)cc(Cl)cc12)c1ccccc1. The first-order valence-corrected chi connectivity index (χ1v) is 14.5. The highest BCUT2D eigenvalue weighted by Gasteiger charge is 2.28. The monoisotopic (exact) mass is 592 g/mol. The van der Waals surface area contributed by atoms with Gasteiger partial charge in [-0.3, -0.25) is 4.98 Å². The number of pyridine rings is 1. The van der Waals surface area contributed by atoms with Gasteiger partial charge in [-0.25, -0.2) is 4.68 Å². The molecule has 0 bridgehead atoms. The summed E-state index contributed by atoms with van der Waals surface area (Å²) in [5.74, 6) is 0. The minimum absolute atomic E-state index is 0.0305. The van der Waals surface area contributed by atoms with Gasteiger partial charge in [0.15, 0.2) is 0 Å². The third-order valence-electron chi connectivity index (χ3n) is 7.47. The standard InChI is InChI=1S/C32H26Cl2N8/c1-2-27(20-6-4-3-5-7-20)38-30-21(16-36)17-37-31-25(30)13-22(33)14-28(31)39-32(24-12-19(15-35)8-11-26(24)34)29-18-42(41-40-29)23-9-10-23/h3-8,11-14,17-18,23,27,32,39H,2,9-10H2,1H3,(H,37,38)/t27-,32+/m1/s1. The van der Waals surface area contributed by atoms with Gasteiger partial charge in [0, 0.05) is 27.2 Å². The summed E-state index contributed by atoms with van der Waals surface area (Å²) in [7, 11) is 0. The molecular weight excluding hydrogens is 567 g/mol. The molecule has 0 radical (unpaired) electrons. The lowest BCUT2D eigenvalue weighted by Crippen LogP contribution is -2.15. The van der Waals surface area contributed by atoms with Gasteiger partial charge in [0.1, 0.15) is 11.8 Å². The highest BCUT2D eigenvalue weighted by molar-refractivity contribution is 6.32. The fourth-order valence-corrected chi connectivity index (χ4v) is 5.58. The van der Waals surface area contributed by atoms with Crippen molar-refractivity contribution in [2.24, 2.45) is 0 Å². The van der Waals surface area contributed by atoms with Gasteiger partial charge in [-0.2, -0.15) is 10.5 Å². The molecule has 0 unspecified atom stereocenters. The van der Waals surface area contributed by atoms with Crippen LogP contribution in [-0.2, 0) is 0 Å². The molecule has 1 aliphatic carbocycles. The van der Waals surface area contributed by atoms with Gasteiger partial charge >= 0.3 is 0 Å². The number of anilines is 2. The zero-order valence-corrected chi connectivity index (χ0v) is 24.2. The summed E-state index contributed by atoms with van der Waals surface area (Å²) in [4.78, 5) is 4.69. The minimum atomic E-state index is -0.554. The summed E-state index contributed by atoms with van der Waals surface area (Å²) in [6.45, 7) is 2.10. The molecule has 10 heteroatoms. The fourth-order valence-electron chi connectivity index (χ4n) is 5.14. The molecule has 1 saturated carbocycles. The molecule has 5 aromatic rings. The van der Waals surface area contributed by atoms with E-state index >= 15 is 0 Å². The van der Waals surface area contributed by atoms with Crippen LogP contribution in [0.15, 0.2) is 73.1 Å². The van der Waals surface area contributed by atoms with Crippen molar-refractivity contribution in [2.45, 2.75) is 44.3 Å². The number of fused-ring (bicyclic) bond motifs is 1. The van der Waals surface area contributed by atoms with Crippen molar-refractivity contribution in [3.8, 4) is 12.1 Å². The summed E-state index contributed by atoms with van der Waals surface area (Å²) in [5.41, 5.74) is 5.23. The third-order valence-corrected chi connectivity index (χ3v) is 8.03. The van der Waals surface area contributed by atoms with Gasteiger partial charge in [0.25, 0.3) is 0 Å². The van der Waals surface area contributed by atoms with Crippen LogP contribution >= 0.6 is 23.2 Å². The van der Waals surface area contributed by atoms with Crippen molar-refractivity contribution < 1.29 is 0 Å². The molecule has 0 spiro atoms. The first kappa shape index (κ1) is 27.5. The predicted molar refractivity (Wildman–Crippen MR) is 164 cm³/mol. The maximum Gasteiger partial charge on any atom is 0.110 e. The van der Waals surface area contributed by atoms with Crippen LogP contribution in [0, 0.1) is 22.7 Å². The molecule has 0 saturated heterocycles. The predicted octanol–water partition coefficient (Wildman–Crippen LogP) is 7.98. The van der Waals surface area contributed by atoms with Crippen molar-refractivity contribution in [3.63, 3.8) is 0 Å².